The fourth-order valence-corrected chi connectivity index (χ4v) is 12.7. The Balaban J connectivity index is -0.000000127. The minimum Gasteiger partial charge on any atom is -1.00 e. The molecule has 108 heavy (non-hydrogen) atoms. The first kappa shape index (κ1) is 97.8. The summed E-state index contributed by atoms with van der Waals surface area (Å²) in [6.45, 7) is 24.2. The van der Waals surface area contributed by atoms with Gasteiger partial charge in [0.2, 0.25) is 20.0 Å². The Kier molecular flexibility index (Phi) is 46.4. The molecule has 0 radical (unpaired) electrons. The van der Waals surface area contributed by atoms with Gasteiger partial charge < -0.3 is 71.7 Å². The molecule has 0 aliphatic rings. The van der Waals surface area contributed by atoms with Gasteiger partial charge in [-0.3, -0.25) is 4.55 Å². The Morgan fingerprint density at radius 3 is 0.963 bits per heavy atom. The van der Waals surface area contributed by atoms with E-state index in [2.05, 4.69) is 81.6 Å². The number of aryl methyl sites for hydroxylation is 4. The van der Waals surface area contributed by atoms with Gasteiger partial charge in [-0.05, 0) is 175 Å². The summed E-state index contributed by atoms with van der Waals surface area (Å²) in [5.74, 6) is 1.27. The fourth-order valence-electron chi connectivity index (χ4n) is 10.7. The van der Waals surface area contributed by atoms with E-state index in [4.69, 9.17) is 64.4 Å². The Morgan fingerprint density at radius 1 is 0.472 bits per heavy atom. The number of aliphatic hydroxyl groups is 1. The normalized spacial score (nSPS) is 10.1. The average Bonchev–Trinajstić information content (AvgIpc) is 1.63. The molecular formula is C73H107AlCl3N8NaO19S3. The number of para-hydroxylation sites is 5. The number of carboxylic acid groups (broad SMARTS) is 2. The molecule has 10 rings (SSSR count). The zero-order chi connectivity index (χ0) is 86.3. The molecule has 0 atom stereocenters. The van der Waals surface area contributed by atoms with Crippen LogP contribution in [0.25, 0.3) is 28.4 Å². The molecule has 0 saturated heterocycles. The van der Waals surface area contributed by atoms with E-state index in [0.717, 1.165) is 55.1 Å². The summed E-state index contributed by atoms with van der Waals surface area (Å²) >= 11 is 0.750. The van der Waals surface area contributed by atoms with Gasteiger partial charge in [0.25, 0.3) is 0 Å². The number of aliphatic hydroxyl groups excluding tert-OH is 1. The van der Waals surface area contributed by atoms with Gasteiger partial charge in [-0.1, -0.05) is 91.0 Å². The molecule has 0 bridgehead atoms. The number of ether oxygens (including phenoxy) is 2. The number of rotatable bonds is 13. The molecule has 0 fully saturated rings. The molecule has 0 saturated carbocycles. The van der Waals surface area contributed by atoms with Crippen LogP contribution in [0.15, 0.2) is 186 Å². The maximum absolute atomic E-state index is 12.2. The second-order valence-corrected chi connectivity index (χ2v) is 28.0. The van der Waals surface area contributed by atoms with E-state index in [0.29, 0.717) is 40.5 Å². The Bertz CT molecular complexity index is 4850. The summed E-state index contributed by atoms with van der Waals surface area (Å²) < 4.78 is 132. The Hall–Kier alpha value is -8.23. The minimum atomic E-state index is -4.19. The number of primary sulfonamides is 2. The van der Waals surface area contributed by atoms with Crippen LogP contribution in [0.5, 0.6) is 0 Å². The number of hydrogen-bond acceptors (Lipinski definition) is 17. The van der Waals surface area contributed by atoms with Crippen LogP contribution in [0.4, 0.5) is 0 Å². The molecule has 0 spiro atoms. The first-order valence-corrected chi connectivity index (χ1v) is 39.1. The summed E-state index contributed by atoms with van der Waals surface area (Å²) in [6, 6.07) is 56.1. The monoisotopic (exact) mass is 1660 g/mol. The molecule has 12 N–H and O–H groups in total. The van der Waals surface area contributed by atoms with E-state index < -0.39 is 47.3 Å². The van der Waals surface area contributed by atoms with Crippen LogP contribution in [0.1, 0.15) is 135 Å². The van der Waals surface area contributed by atoms with Crippen molar-refractivity contribution < 1.29 is 147 Å². The van der Waals surface area contributed by atoms with Crippen molar-refractivity contribution in [1.29, 1.82) is 0 Å². The number of carbonyl (C=O) groups excluding carboxylic acids is 4. The van der Waals surface area contributed by atoms with Gasteiger partial charge in [0.05, 0.1) is 24.3 Å². The van der Waals surface area contributed by atoms with Gasteiger partial charge in [-0.2, -0.15) is 18.0 Å². The molecule has 0 unspecified atom stereocenters. The second-order valence-electron chi connectivity index (χ2n) is 21.8. The van der Waals surface area contributed by atoms with Gasteiger partial charge in [-0.25, -0.2) is 46.3 Å². The SMILES string of the molecule is CCO.CCOC(=O)c1c(S(N)(=O)=O)c(C)n(-c2ccccc2)c1C.CCOC(=O)c1cc(C)n(-c2ccccc2)c1C.Cc1c(C(=O)O)c(S(N)(=O)=O)c(C)n1-c1ccccc1.Cc1cc(C(=O)O)c(C)n1-c1ccccc1.Cc1ccc(C)n1-c1ccccc1.Cl.N.O=C=O.O=S(=O)(O)Cl.[2HH].[2HH].[2HH].[2H][2H].[2H][2H].[2H][2H].[2H][2H].[CH3][Al+][CH3].[Cl-].[Na+].[OH-]. The maximum Gasteiger partial charge on any atom is 1.00 e. The summed E-state index contributed by atoms with van der Waals surface area (Å²) in [6.07, 6.45) is 0.250. The maximum atomic E-state index is 12.2. The van der Waals surface area contributed by atoms with E-state index in [9.17, 15) is 41.1 Å². The molecule has 0 amide bonds. The van der Waals surface area contributed by atoms with Crippen LogP contribution in [0.3, 0.4) is 0 Å². The summed E-state index contributed by atoms with van der Waals surface area (Å²) in [4.78, 5) is 62.1. The smallest absolute Gasteiger partial charge is 1.00 e. The summed E-state index contributed by atoms with van der Waals surface area (Å²) in [5, 5.41) is 36.3. The van der Waals surface area contributed by atoms with Gasteiger partial charge in [-0.15, -0.1) is 12.4 Å². The average molecular weight is 1660 g/mol. The molecule has 35 heteroatoms. The predicted molar refractivity (Wildman–Crippen MR) is 426 cm³/mol. The molecule has 596 valence electrons. The zero-order valence-electron chi connectivity index (χ0n) is 70.9. The predicted octanol–water partition coefficient (Wildman–Crippen LogP) is 8.88. The van der Waals surface area contributed by atoms with Crippen molar-refractivity contribution in [3.63, 3.8) is 0 Å². The van der Waals surface area contributed by atoms with Crippen LogP contribution >= 0.6 is 23.1 Å². The minimum absolute atomic E-state index is 0. The number of esters is 2. The number of nitrogens with two attached hydrogens (primary N) is 2. The van der Waals surface area contributed by atoms with E-state index in [1.54, 1.807) is 74.1 Å². The van der Waals surface area contributed by atoms with Crippen molar-refractivity contribution in [2.75, 3.05) is 19.8 Å². The largest absolute Gasteiger partial charge is 1.00 e. The van der Waals surface area contributed by atoms with Crippen molar-refractivity contribution in [3.05, 3.63) is 255 Å². The molecule has 5 aromatic carbocycles. The fraction of sp³-hybridized carbons (Fsp3) is 0.247. The number of benzene rings is 5. The third-order valence-electron chi connectivity index (χ3n) is 14.4. The molecule has 5 aromatic heterocycles. The first-order chi connectivity index (χ1) is 52.3. The zero-order valence-corrected chi connectivity index (χ0v) is 70.8. The molecule has 0 aliphatic carbocycles. The molecule has 27 nitrogen and oxygen atoms in total. The van der Waals surface area contributed by atoms with Crippen LogP contribution in [-0.2, 0) is 48.4 Å². The molecule has 5 heterocycles. The van der Waals surface area contributed by atoms with Crippen molar-refractivity contribution in [2.45, 2.75) is 111 Å². The van der Waals surface area contributed by atoms with E-state index >= 15 is 0 Å². The van der Waals surface area contributed by atoms with Crippen LogP contribution in [0, 0.1) is 69.2 Å². The van der Waals surface area contributed by atoms with E-state index in [-0.39, 0.29) is 122 Å². The van der Waals surface area contributed by atoms with Crippen molar-refractivity contribution in [1.82, 2.24) is 29.0 Å². The number of hydrogen-bond donors (Lipinski definition) is 7. The topological polar surface area (TPSA) is 446 Å². The van der Waals surface area contributed by atoms with Gasteiger partial charge in [0, 0.05) is 119 Å². The van der Waals surface area contributed by atoms with Crippen molar-refractivity contribution in [3.8, 4) is 28.4 Å². The number of carboxylic acids is 2. The Morgan fingerprint density at radius 2 is 0.713 bits per heavy atom. The van der Waals surface area contributed by atoms with Crippen LogP contribution < -0.4 is 58.4 Å². The quantitative estimate of drug-likeness (QED) is 0.0245. The molecule has 0 aliphatic heterocycles. The van der Waals surface area contributed by atoms with Gasteiger partial charge in [0.1, 0.15) is 20.9 Å². The third-order valence-corrected chi connectivity index (χ3v) is 16.5. The Labute approximate surface area is 693 Å². The van der Waals surface area contributed by atoms with Crippen LogP contribution in [0.2, 0.25) is 11.6 Å². The summed E-state index contributed by atoms with van der Waals surface area (Å²) in [7, 11) is -8.32. The first-order valence-electron chi connectivity index (χ1n) is 35.4. The van der Waals surface area contributed by atoms with Gasteiger partial charge in [0.15, 0.2) is 0 Å². The number of sulfonamides is 2. The number of halogens is 3. The number of aromatic nitrogens is 5. The molecule has 10 aromatic rings. The second kappa shape index (κ2) is 51.2. The summed E-state index contributed by atoms with van der Waals surface area (Å²) in [5.41, 5.74) is 13.1. The number of nitrogens with zero attached hydrogens (tertiary/aromatic N) is 5. The van der Waals surface area contributed by atoms with E-state index in [1.165, 1.54) is 24.0 Å². The third kappa shape index (κ3) is 31.4. The number of carbonyl (C=O) groups is 4. The van der Waals surface area contributed by atoms with Crippen molar-refractivity contribution in [2.24, 2.45) is 10.3 Å². The van der Waals surface area contributed by atoms with Crippen molar-refractivity contribution >= 4 is 97.7 Å². The standard InChI is InChI=1S/C15H18N2O4S.C15H17NO2.C13H14N2O4S.C13H13NO2.C12H13N.C2H6O.CO2.2CH3.Al.ClHO3S.2ClH.H3N.Na.H2O.7H2/c1-4-21-15(18)13-10(2)17(12-8-6-5-7-9-12)11(3)14(13)22(16,19)20;1-4-18-15(17)14-10-11(2)16(12(14)3)13-8-6-5-7-9-13;1-8-11(13(16)17)12(20(14,18)19)9(2)15(8)10-6-4-3-5-7-10;1-9-8-12(13(15)16)10(2)14(9)11-6-4-3-5-7-11;1-10-8-9-11(2)13(10)12-6-4-3-5-7-12;1-2-3;2-1-3;;;;1-5(2,3)4;;;;;;;;;;;;/h5-9H,4H2,1-3H3,(H2,16,19,20);5-10H,4H2,1-3H3;3-7H,1-2H3,(H,16,17)(H2,14,18,19);3-8H,1-2H3,(H,15,16);3-9H,1-2H3;3H,2H2,1H3;;2*1H3;;(H,2,3,4);2*1H;1H3;;1H2;7*1H/q;;;;;;;;;+1;;;;;+1;;;;;;;;/p-2/i;;;;;;;;;;;;;;;;4*1+1D;3*1+1. The van der Waals surface area contributed by atoms with Gasteiger partial charge >= 0.3 is 95.7 Å². The van der Waals surface area contributed by atoms with Crippen LogP contribution in [-0.4, -0.2) is 139 Å². The molecular weight excluding hydrogens is 1550 g/mol. The van der Waals surface area contributed by atoms with E-state index in [1.807, 2.05) is 148 Å². The number of aromatic carboxylic acids is 2.